The van der Waals surface area contributed by atoms with Crippen molar-refractivity contribution < 1.29 is 19.2 Å². The lowest BCUT2D eigenvalue weighted by Gasteiger charge is -2.04. The number of benzene rings is 1. The second-order valence-electron chi connectivity index (χ2n) is 3.62. The molecule has 0 aliphatic rings. The average Bonchev–Trinajstić information content (AvgIpc) is 2.43. The van der Waals surface area contributed by atoms with Crippen LogP contribution in [0.25, 0.3) is 0 Å². The third kappa shape index (κ3) is 5.70. The maximum Gasteiger partial charge on any atom is 0.325 e. The number of hydrogen-bond acceptors (Lipinski definition) is 6. The molecular formula is C12H14N2O5S. The molecule has 0 saturated carbocycles. The minimum Gasteiger partial charge on any atom is -0.465 e. The molecule has 0 aliphatic carbocycles. The summed E-state index contributed by atoms with van der Waals surface area (Å²) in [6.45, 7) is 1.80. The Labute approximate surface area is 119 Å². The maximum absolute atomic E-state index is 11.5. The lowest BCUT2D eigenvalue weighted by molar-refractivity contribution is -0.384. The van der Waals surface area contributed by atoms with Crippen molar-refractivity contribution in [2.45, 2.75) is 11.8 Å². The number of ether oxygens (including phenoxy) is 1. The van der Waals surface area contributed by atoms with Crippen LogP contribution in [0.4, 0.5) is 5.69 Å². The molecule has 1 N–H and O–H groups in total. The fourth-order valence-corrected chi connectivity index (χ4v) is 1.98. The molecule has 0 spiro atoms. The van der Waals surface area contributed by atoms with E-state index in [0.717, 1.165) is 4.90 Å². The minimum atomic E-state index is -0.486. The van der Waals surface area contributed by atoms with Gasteiger partial charge in [0, 0.05) is 17.0 Å². The zero-order chi connectivity index (χ0) is 15.0. The van der Waals surface area contributed by atoms with Gasteiger partial charge in [-0.2, -0.15) is 0 Å². The first-order chi connectivity index (χ1) is 9.52. The van der Waals surface area contributed by atoms with Crippen molar-refractivity contribution in [1.82, 2.24) is 5.32 Å². The predicted octanol–water partition coefficient (Wildman–Crippen LogP) is 1.37. The molecule has 0 saturated heterocycles. The SMILES string of the molecule is CCOC(=O)CNC(=O)CSc1ccc([N+](=O)[O-])cc1. The van der Waals surface area contributed by atoms with E-state index in [1.54, 1.807) is 19.1 Å². The Morgan fingerprint density at radius 3 is 2.55 bits per heavy atom. The third-order valence-corrected chi connectivity index (χ3v) is 3.16. The third-order valence-electron chi connectivity index (χ3n) is 2.15. The number of rotatable bonds is 7. The van der Waals surface area contributed by atoms with Gasteiger partial charge in [0.15, 0.2) is 0 Å². The molecular weight excluding hydrogens is 284 g/mol. The van der Waals surface area contributed by atoms with E-state index < -0.39 is 10.9 Å². The van der Waals surface area contributed by atoms with Crippen molar-refractivity contribution >= 4 is 29.3 Å². The highest BCUT2D eigenvalue weighted by molar-refractivity contribution is 8.00. The average molecular weight is 298 g/mol. The van der Waals surface area contributed by atoms with Crippen LogP contribution in [-0.4, -0.2) is 35.7 Å². The lowest BCUT2D eigenvalue weighted by Crippen LogP contribution is -2.31. The largest absolute Gasteiger partial charge is 0.465 e. The van der Waals surface area contributed by atoms with E-state index in [4.69, 9.17) is 0 Å². The van der Waals surface area contributed by atoms with E-state index in [9.17, 15) is 19.7 Å². The standard InChI is InChI=1S/C12H14N2O5S/c1-2-19-12(16)7-13-11(15)8-20-10-5-3-9(4-6-10)14(17)18/h3-6H,2,7-8H2,1H3,(H,13,15). The topological polar surface area (TPSA) is 98.5 Å². The van der Waals surface area contributed by atoms with Gasteiger partial charge >= 0.3 is 5.97 Å². The van der Waals surface area contributed by atoms with Crippen LogP contribution in [0.5, 0.6) is 0 Å². The summed E-state index contributed by atoms with van der Waals surface area (Å²) in [5.74, 6) is -0.667. The molecule has 1 rings (SSSR count). The van der Waals surface area contributed by atoms with Crippen molar-refractivity contribution in [3.8, 4) is 0 Å². The molecule has 0 unspecified atom stereocenters. The van der Waals surface area contributed by atoms with Crippen LogP contribution >= 0.6 is 11.8 Å². The van der Waals surface area contributed by atoms with E-state index in [1.165, 1.54) is 23.9 Å². The highest BCUT2D eigenvalue weighted by Crippen LogP contribution is 2.20. The fraction of sp³-hybridized carbons (Fsp3) is 0.333. The molecule has 7 nitrogen and oxygen atoms in total. The van der Waals surface area contributed by atoms with Gasteiger partial charge in [0.2, 0.25) is 5.91 Å². The smallest absolute Gasteiger partial charge is 0.325 e. The summed E-state index contributed by atoms with van der Waals surface area (Å²) in [5, 5.41) is 12.9. The highest BCUT2D eigenvalue weighted by Gasteiger charge is 2.08. The Hall–Kier alpha value is -2.09. The first-order valence-electron chi connectivity index (χ1n) is 5.82. The van der Waals surface area contributed by atoms with E-state index in [-0.39, 0.29) is 30.5 Å². The maximum atomic E-state index is 11.5. The lowest BCUT2D eigenvalue weighted by atomic mass is 10.3. The van der Waals surface area contributed by atoms with Crippen LogP contribution in [0.3, 0.4) is 0 Å². The fourth-order valence-electron chi connectivity index (χ4n) is 1.25. The number of amides is 1. The summed E-state index contributed by atoms with van der Waals surface area (Å²) in [6, 6.07) is 5.89. The molecule has 0 aromatic heterocycles. The van der Waals surface area contributed by atoms with Crippen molar-refractivity contribution in [3.05, 3.63) is 34.4 Å². The molecule has 0 bridgehead atoms. The van der Waals surface area contributed by atoms with E-state index >= 15 is 0 Å². The van der Waals surface area contributed by atoms with Gasteiger partial charge in [0.1, 0.15) is 6.54 Å². The first kappa shape index (κ1) is 16.0. The molecule has 1 amide bonds. The summed E-state index contributed by atoms with van der Waals surface area (Å²) < 4.78 is 4.67. The Morgan fingerprint density at radius 2 is 2.00 bits per heavy atom. The zero-order valence-corrected chi connectivity index (χ0v) is 11.6. The summed E-state index contributed by atoms with van der Waals surface area (Å²) in [6.07, 6.45) is 0. The predicted molar refractivity (Wildman–Crippen MR) is 73.5 cm³/mol. The monoisotopic (exact) mass is 298 g/mol. The van der Waals surface area contributed by atoms with Crippen molar-refractivity contribution in [3.63, 3.8) is 0 Å². The Kier molecular flexibility index (Phi) is 6.51. The Morgan fingerprint density at radius 1 is 1.35 bits per heavy atom. The van der Waals surface area contributed by atoms with Crippen LogP contribution in [-0.2, 0) is 14.3 Å². The van der Waals surface area contributed by atoms with Gasteiger partial charge in [-0.1, -0.05) is 0 Å². The number of nitro benzene ring substituents is 1. The summed E-state index contributed by atoms with van der Waals surface area (Å²) >= 11 is 1.23. The second kappa shape index (κ2) is 8.16. The number of nitrogens with one attached hydrogen (secondary N) is 1. The molecule has 8 heteroatoms. The Bertz CT molecular complexity index is 489. The number of carbonyl (C=O) groups excluding carboxylic acids is 2. The van der Waals surface area contributed by atoms with Crippen molar-refractivity contribution in [2.24, 2.45) is 0 Å². The number of thioether (sulfide) groups is 1. The van der Waals surface area contributed by atoms with Gasteiger partial charge in [0.05, 0.1) is 17.3 Å². The number of nitro groups is 1. The molecule has 0 atom stereocenters. The molecule has 1 aromatic rings. The van der Waals surface area contributed by atoms with Gasteiger partial charge in [-0.05, 0) is 19.1 Å². The molecule has 0 radical (unpaired) electrons. The minimum absolute atomic E-state index is 0.00103. The van der Waals surface area contributed by atoms with Gasteiger partial charge in [0.25, 0.3) is 5.69 Å². The number of nitrogens with zero attached hydrogens (tertiary/aromatic N) is 1. The highest BCUT2D eigenvalue weighted by atomic mass is 32.2. The van der Waals surface area contributed by atoms with Gasteiger partial charge in [-0.15, -0.1) is 11.8 Å². The van der Waals surface area contributed by atoms with Crippen LogP contribution in [0, 0.1) is 10.1 Å². The molecule has 0 heterocycles. The van der Waals surface area contributed by atoms with E-state index in [1.807, 2.05) is 0 Å². The number of esters is 1. The summed E-state index contributed by atoms with van der Waals surface area (Å²) in [4.78, 5) is 33.2. The van der Waals surface area contributed by atoms with Crippen LogP contribution < -0.4 is 5.32 Å². The molecule has 0 fully saturated rings. The Balaban J connectivity index is 2.33. The van der Waals surface area contributed by atoms with Crippen molar-refractivity contribution in [2.75, 3.05) is 18.9 Å². The molecule has 20 heavy (non-hydrogen) atoms. The number of hydrogen-bond donors (Lipinski definition) is 1. The van der Waals surface area contributed by atoms with Crippen LogP contribution in [0.2, 0.25) is 0 Å². The van der Waals surface area contributed by atoms with Crippen LogP contribution in [0.15, 0.2) is 29.2 Å². The molecule has 108 valence electrons. The van der Waals surface area contributed by atoms with Crippen LogP contribution in [0.1, 0.15) is 6.92 Å². The quantitative estimate of drug-likeness (QED) is 0.353. The van der Waals surface area contributed by atoms with E-state index in [2.05, 4.69) is 10.1 Å². The van der Waals surface area contributed by atoms with Gasteiger partial charge in [-0.3, -0.25) is 19.7 Å². The zero-order valence-electron chi connectivity index (χ0n) is 10.8. The number of carbonyl (C=O) groups is 2. The second-order valence-corrected chi connectivity index (χ2v) is 4.67. The van der Waals surface area contributed by atoms with E-state index in [0.29, 0.717) is 0 Å². The van der Waals surface area contributed by atoms with Crippen molar-refractivity contribution in [1.29, 1.82) is 0 Å². The first-order valence-corrected chi connectivity index (χ1v) is 6.81. The number of non-ortho nitro benzene ring substituents is 1. The summed E-state index contributed by atoms with van der Waals surface area (Å²) in [5.41, 5.74) is 0.00103. The van der Waals surface area contributed by atoms with Gasteiger partial charge in [-0.25, -0.2) is 0 Å². The molecule has 0 aliphatic heterocycles. The normalized spacial score (nSPS) is 9.85. The van der Waals surface area contributed by atoms with Gasteiger partial charge < -0.3 is 10.1 Å². The summed E-state index contributed by atoms with van der Waals surface area (Å²) in [7, 11) is 0. The molecule has 1 aromatic carbocycles.